The van der Waals surface area contributed by atoms with E-state index in [1.807, 2.05) is 30.3 Å². The van der Waals surface area contributed by atoms with Gasteiger partial charge in [0, 0.05) is 11.6 Å². The highest BCUT2D eigenvalue weighted by atomic mass is 16.6. The van der Waals surface area contributed by atoms with E-state index in [-0.39, 0.29) is 5.69 Å². The zero-order chi connectivity index (χ0) is 12.5. The Morgan fingerprint density at radius 1 is 1.11 bits per heavy atom. The molecule has 0 aliphatic heterocycles. The number of benzene rings is 2. The number of hydrogen-bond acceptors (Lipinski definition) is 4. The van der Waals surface area contributed by atoms with Crippen molar-refractivity contribution in [3.8, 4) is 11.3 Å². The van der Waals surface area contributed by atoms with E-state index in [2.05, 4.69) is 5.16 Å². The molecule has 0 aliphatic rings. The molecule has 0 N–H and O–H groups in total. The van der Waals surface area contributed by atoms with E-state index in [1.165, 1.54) is 12.1 Å². The molecule has 0 aliphatic carbocycles. The topological polar surface area (TPSA) is 69.2 Å². The van der Waals surface area contributed by atoms with Gasteiger partial charge in [-0.05, 0) is 6.07 Å². The number of aromatic nitrogens is 1. The maximum atomic E-state index is 10.7. The first-order chi connectivity index (χ1) is 8.75. The molecule has 5 heteroatoms. The van der Waals surface area contributed by atoms with Gasteiger partial charge in [-0.3, -0.25) is 10.1 Å². The Bertz CT molecular complexity index is 719. The molecule has 3 rings (SSSR count). The van der Waals surface area contributed by atoms with Gasteiger partial charge >= 0.3 is 0 Å². The second-order valence-electron chi connectivity index (χ2n) is 3.83. The van der Waals surface area contributed by atoms with Gasteiger partial charge in [0.1, 0.15) is 5.69 Å². The molecular formula is C13H8N2O3. The lowest BCUT2D eigenvalue weighted by Gasteiger charge is -1.95. The lowest BCUT2D eigenvalue weighted by atomic mass is 10.1. The van der Waals surface area contributed by atoms with Crippen LogP contribution in [0, 0.1) is 10.1 Å². The summed E-state index contributed by atoms with van der Waals surface area (Å²) in [7, 11) is 0. The summed E-state index contributed by atoms with van der Waals surface area (Å²) >= 11 is 0. The largest absolute Gasteiger partial charge is 0.355 e. The SMILES string of the molecule is O=[N+]([O-])c1ccc2c(-c3ccccc3)noc2c1. The summed E-state index contributed by atoms with van der Waals surface area (Å²) in [6, 6.07) is 14.0. The molecule has 0 fully saturated rings. The van der Waals surface area contributed by atoms with Gasteiger partial charge in [-0.25, -0.2) is 0 Å². The van der Waals surface area contributed by atoms with Crippen molar-refractivity contribution in [1.29, 1.82) is 0 Å². The maximum Gasteiger partial charge on any atom is 0.273 e. The van der Waals surface area contributed by atoms with Crippen molar-refractivity contribution in [1.82, 2.24) is 5.16 Å². The number of nitro groups is 1. The fourth-order valence-corrected chi connectivity index (χ4v) is 1.84. The summed E-state index contributed by atoms with van der Waals surface area (Å²) < 4.78 is 5.14. The van der Waals surface area contributed by atoms with Crippen molar-refractivity contribution in [2.45, 2.75) is 0 Å². The Balaban J connectivity index is 2.19. The average Bonchev–Trinajstić information content (AvgIpc) is 2.82. The highest BCUT2D eigenvalue weighted by Crippen LogP contribution is 2.29. The van der Waals surface area contributed by atoms with Gasteiger partial charge in [-0.15, -0.1) is 0 Å². The molecule has 18 heavy (non-hydrogen) atoms. The summed E-state index contributed by atoms with van der Waals surface area (Å²) in [4.78, 5) is 10.2. The monoisotopic (exact) mass is 240 g/mol. The minimum atomic E-state index is -0.454. The summed E-state index contributed by atoms with van der Waals surface area (Å²) in [5, 5.41) is 15.4. The Labute approximate surface area is 102 Å². The first kappa shape index (κ1) is 10.5. The maximum absolute atomic E-state index is 10.7. The van der Waals surface area contributed by atoms with Gasteiger partial charge < -0.3 is 4.52 Å². The van der Waals surface area contributed by atoms with Crippen LogP contribution < -0.4 is 0 Å². The second kappa shape index (κ2) is 3.96. The molecule has 3 aromatic rings. The van der Waals surface area contributed by atoms with Crippen LogP contribution in [0.1, 0.15) is 0 Å². The quantitative estimate of drug-likeness (QED) is 0.508. The summed E-state index contributed by atoms with van der Waals surface area (Å²) in [5.41, 5.74) is 2.03. The van der Waals surface area contributed by atoms with E-state index in [9.17, 15) is 10.1 Å². The molecule has 5 nitrogen and oxygen atoms in total. The smallest absolute Gasteiger partial charge is 0.273 e. The van der Waals surface area contributed by atoms with Crippen LogP contribution >= 0.6 is 0 Å². The van der Waals surface area contributed by atoms with E-state index in [1.54, 1.807) is 6.07 Å². The Kier molecular flexibility index (Phi) is 2.30. The summed E-state index contributed by atoms with van der Waals surface area (Å²) in [6.45, 7) is 0. The second-order valence-corrected chi connectivity index (χ2v) is 3.83. The molecule has 2 aromatic carbocycles. The van der Waals surface area contributed by atoms with Crippen LogP contribution in [0.5, 0.6) is 0 Å². The molecule has 0 spiro atoms. The molecule has 88 valence electrons. The molecule has 1 heterocycles. The molecule has 0 radical (unpaired) electrons. The molecule has 0 saturated heterocycles. The third kappa shape index (κ3) is 1.62. The lowest BCUT2D eigenvalue weighted by Crippen LogP contribution is -1.86. The summed E-state index contributed by atoms with van der Waals surface area (Å²) in [5.74, 6) is 0. The number of rotatable bonds is 2. The van der Waals surface area contributed by atoms with Crippen LogP contribution in [0.15, 0.2) is 53.1 Å². The molecule has 0 unspecified atom stereocenters. The number of fused-ring (bicyclic) bond motifs is 1. The molecule has 1 aromatic heterocycles. The third-order valence-electron chi connectivity index (χ3n) is 2.71. The number of non-ortho nitro benzene ring substituents is 1. The number of nitrogens with zero attached hydrogens (tertiary/aromatic N) is 2. The van der Waals surface area contributed by atoms with Crippen LogP contribution in [0.2, 0.25) is 0 Å². The molecular weight excluding hydrogens is 232 g/mol. The van der Waals surface area contributed by atoms with E-state index in [0.29, 0.717) is 11.3 Å². The Hall–Kier alpha value is -2.69. The third-order valence-corrected chi connectivity index (χ3v) is 2.71. The number of hydrogen-bond donors (Lipinski definition) is 0. The highest BCUT2D eigenvalue weighted by molar-refractivity contribution is 5.92. The number of nitro benzene ring substituents is 1. The average molecular weight is 240 g/mol. The zero-order valence-corrected chi connectivity index (χ0v) is 9.24. The van der Waals surface area contributed by atoms with Crippen molar-refractivity contribution >= 4 is 16.7 Å². The van der Waals surface area contributed by atoms with Gasteiger partial charge in [0.15, 0.2) is 5.58 Å². The predicted molar refractivity (Wildman–Crippen MR) is 66.1 cm³/mol. The van der Waals surface area contributed by atoms with Crippen LogP contribution in [0.25, 0.3) is 22.2 Å². The Morgan fingerprint density at radius 2 is 1.89 bits per heavy atom. The summed E-state index contributed by atoms with van der Waals surface area (Å²) in [6.07, 6.45) is 0. The van der Waals surface area contributed by atoms with Crippen molar-refractivity contribution in [3.63, 3.8) is 0 Å². The first-order valence-electron chi connectivity index (χ1n) is 5.35. The molecule has 0 saturated carbocycles. The van der Waals surface area contributed by atoms with Gasteiger partial charge in [-0.2, -0.15) is 0 Å². The van der Waals surface area contributed by atoms with Crippen LogP contribution in [-0.4, -0.2) is 10.1 Å². The van der Waals surface area contributed by atoms with Crippen LogP contribution in [-0.2, 0) is 0 Å². The normalized spacial score (nSPS) is 10.7. The fourth-order valence-electron chi connectivity index (χ4n) is 1.84. The minimum absolute atomic E-state index is 0.00161. The Morgan fingerprint density at radius 3 is 2.61 bits per heavy atom. The zero-order valence-electron chi connectivity index (χ0n) is 9.24. The van der Waals surface area contributed by atoms with Gasteiger partial charge in [-0.1, -0.05) is 35.5 Å². The van der Waals surface area contributed by atoms with Crippen molar-refractivity contribution in [2.24, 2.45) is 0 Å². The van der Waals surface area contributed by atoms with Crippen LogP contribution in [0.4, 0.5) is 5.69 Å². The van der Waals surface area contributed by atoms with E-state index in [0.717, 1.165) is 10.9 Å². The van der Waals surface area contributed by atoms with Gasteiger partial charge in [0.25, 0.3) is 5.69 Å². The minimum Gasteiger partial charge on any atom is -0.355 e. The predicted octanol–water partition coefficient (Wildman–Crippen LogP) is 3.40. The van der Waals surface area contributed by atoms with Gasteiger partial charge in [0.2, 0.25) is 0 Å². The highest BCUT2D eigenvalue weighted by Gasteiger charge is 2.14. The van der Waals surface area contributed by atoms with E-state index < -0.39 is 4.92 Å². The van der Waals surface area contributed by atoms with Gasteiger partial charge in [0.05, 0.1) is 16.4 Å². The fraction of sp³-hybridized carbons (Fsp3) is 0. The van der Waals surface area contributed by atoms with Crippen molar-refractivity contribution in [2.75, 3.05) is 0 Å². The molecule has 0 bridgehead atoms. The molecule has 0 amide bonds. The first-order valence-corrected chi connectivity index (χ1v) is 5.35. The van der Waals surface area contributed by atoms with E-state index in [4.69, 9.17) is 4.52 Å². The van der Waals surface area contributed by atoms with E-state index >= 15 is 0 Å². The standard InChI is InChI=1S/C13H8N2O3/c16-15(17)10-6-7-11-12(8-10)18-14-13(11)9-4-2-1-3-5-9/h1-8H. The molecule has 0 atom stereocenters. The van der Waals surface area contributed by atoms with Crippen LogP contribution in [0.3, 0.4) is 0 Å². The lowest BCUT2D eigenvalue weighted by molar-refractivity contribution is -0.384. The van der Waals surface area contributed by atoms with Crippen molar-refractivity contribution in [3.05, 3.63) is 58.6 Å². The van der Waals surface area contributed by atoms with Crippen molar-refractivity contribution < 1.29 is 9.45 Å².